The highest BCUT2D eigenvalue weighted by atomic mass is 79.9. The standard InChI is InChI=1S/C13H9BrCl2FNO/c14-10-3-8(17)2-1-7(10)6-19-13-11(15)4-9(18)5-12(13)16/h1-5H,6,18H2. The van der Waals surface area contributed by atoms with Gasteiger partial charge in [0.05, 0.1) is 10.0 Å². The Kier molecular flexibility index (Phi) is 4.55. The van der Waals surface area contributed by atoms with Gasteiger partial charge >= 0.3 is 0 Å². The average molecular weight is 365 g/mol. The van der Waals surface area contributed by atoms with Gasteiger partial charge in [-0.1, -0.05) is 45.2 Å². The molecule has 6 heteroatoms. The molecule has 0 aliphatic heterocycles. The molecule has 19 heavy (non-hydrogen) atoms. The van der Waals surface area contributed by atoms with E-state index in [9.17, 15) is 4.39 Å². The number of hydrogen-bond acceptors (Lipinski definition) is 2. The molecule has 0 unspecified atom stereocenters. The van der Waals surface area contributed by atoms with Gasteiger partial charge in [-0.2, -0.15) is 0 Å². The number of benzene rings is 2. The summed E-state index contributed by atoms with van der Waals surface area (Å²) in [5, 5.41) is 0.673. The number of ether oxygens (including phenoxy) is 1. The number of hydrogen-bond donors (Lipinski definition) is 1. The Morgan fingerprint density at radius 1 is 1.16 bits per heavy atom. The first-order chi connectivity index (χ1) is 8.97. The molecule has 0 aliphatic rings. The molecule has 2 rings (SSSR count). The van der Waals surface area contributed by atoms with Crippen LogP contribution in [-0.2, 0) is 6.61 Å². The molecule has 0 bridgehead atoms. The number of nitrogen functional groups attached to an aromatic ring is 1. The second-order valence-corrected chi connectivity index (χ2v) is 5.51. The Balaban J connectivity index is 2.19. The van der Waals surface area contributed by atoms with Crippen molar-refractivity contribution in [1.82, 2.24) is 0 Å². The van der Waals surface area contributed by atoms with Gasteiger partial charge in [0, 0.05) is 15.7 Å². The normalized spacial score (nSPS) is 10.5. The summed E-state index contributed by atoms with van der Waals surface area (Å²) in [5.74, 6) is 0.0351. The lowest BCUT2D eigenvalue weighted by atomic mass is 10.2. The number of nitrogens with two attached hydrogens (primary N) is 1. The van der Waals surface area contributed by atoms with Crippen molar-refractivity contribution < 1.29 is 9.13 Å². The summed E-state index contributed by atoms with van der Waals surface area (Å²) in [5.41, 5.74) is 6.85. The molecule has 0 saturated heterocycles. The second kappa shape index (κ2) is 5.99. The monoisotopic (exact) mass is 363 g/mol. The van der Waals surface area contributed by atoms with E-state index in [1.807, 2.05) is 0 Å². The lowest BCUT2D eigenvalue weighted by Gasteiger charge is -2.11. The van der Waals surface area contributed by atoms with Crippen molar-refractivity contribution in [3.05, 3.63) is 56.2 Å². The van der Waals surface area contributed by atoms with E-state index in [1.54, 1.807) is 18.2 Å². The van der Waals surface area contributed by atoms with Crippen molar-refractivity contribution in [2.45, 2.75) is 6.61 Å². The van der Waals surface area contributed by atoms with Gasteiger partial charge in [0.15, 0.2) is 5.75 Å². The molecule has 0 saturated carbocycles. The van der Waals surface area contributed by atoms with E-state index in [1.165, 1.54) is 12.1 Å². The van der Waals surface area contributed by atoms with Crippen LogP contribution in [0.25, 0.3) is 0 Å². The lowest BCUT2D eigenvalue weighted by molar-refractivity contribution is 0.305. The van der Waals surface area contributed by atoms with Crippen LogP contribution in [0.15, 0.2) is 34.8 Å². The minimum Gasteiger partial charge on any atom is -0.486 e. The van der Waals surface area contributed by atoms with E-state index in [2.05, 4.69) is 15.9 Å². The van der Waals surface area contributed by atoms with Crippen molar-refractivity contribution in [3.8, 4) is 5.75 Å². The molecule has 0 aliphatic carbocycles. The van der Waals surface area contributed by atoms with E-state index in [-0.39, 0.29) is 12.4 Å². The largest absolute Gasteiger partial charge is 0.486 e. The third-order valence-corrected chi connectivity index (χ3v) is 3.71. The number of halogens is 4. The van der Waals surface area contributed by atoms with E-state index in [4.69, 9.17) is 33.7 Å². The van der Waals surface area contributed by atoms with Crippen molar-refractivity contribution in [2.24, 2.45) is 0 Å². The minimum atomic E-state index is -0.320. The van der Waals surface area contributed by atoms with Crippen LogP contribution in [0.1, 0.15) is 5.56 Å². The van der Waals surface area contributed by atoms with Crippen LogP contribution >= 0.6 is 39.1 Å². The van der Waals surface area contributed by atoms with Crippen molar-refractivity contribution in [2.75, 3.05) is 5.73 Å². The SMILES string of the molecule is Nc1cc(Cl)c(OCc2ccc(F)cc2Br)c(Cl)c1. The lowest BCUT2D eigenvalue weighted by Crippen LogP contribution is -1.99. The van der Waals surface area contributed by atoms with Gasteiger partial charge in [-0.3, -0.25) is 0 Å². The van der Waals surface area contributed by atoms with E-state index >= 15 is 0 Å². The fraction of sp³-hybridized carbons (Fsp3) is 0.0769. The Labute approximate surface area is 128 Å². The van der Waals surface area contributed by atoms with E-state index in [0.29, 0.717) is 26.0 Å². The van der Waals surface area contributed by atoms with Crippen molar-refractivity contribution >= 4 is 44.8 Å². The molecule has 0 aromatic heterocycles. The summed E-state index contributed by atoms with van der Waals surface area (Å²) >= 11 is 15.3. The zero-order valence-corrected chi connectivity index (χ0v) is 12.7. The highest BCUT2D eigenvalue weighted by molar-refractivity contribution is 9.10. The number of rotatable bonds is 3. The molecule has 0 heterocycles. The van der Waals surface area contributed by atoms with Crippen molar-refractivity contribution in [1.29, 1.82) is 0 Å². The maximum Gasteiger partial charge on any atom is 0.157 e. The quantitative estimate of drug-likeness (QED) is 0.773. The van der Waals surface area contributed by atoms with Crippen molar-refractivity contribution in [3.63, 3.8) is 0 Å². The topological polar surface area (TPSA) is 35.2 Å². The maximum absolute atomic E-state index is 13.0. The van der Waals surface area contributed by atoms with Crippen LogP contribution in [0, 0.1) is 5.82 Å². The first-order valence-corrected chi connectivity index (χ1v) is 6.83. The van der Waals surface area contributed by atoms with Gasteiger partial charge in [0.1, 0.15) is 12.4 Å². The fourth-order valence-corrected chi connectivity index (χ4v) is 2.58. The van der Waals surface area contributed by atoms with Gasteiger partial charge in [-0.25, -0.2) is 4.39 Å². The molecule has 2 nitrogen and oxygen atoms in total. The highest BCUT2D eigenvalue weighted by Crippen LogP contribution is 2.35. The zero-order chi connectivity index (χ0) is 14.0. The van der Waals surface area contributed by atoms with Crippen LogP contribution < -0.4 is 10.5 Å². The summed E-state index contributed by atoms with van der Waals surface area (Å²) in [6.07, 6.45) is 0. The Bertz CT molecular complexity index is 599. The summed E-state index contributed by atoms with van der Waals surface area (Å²) in [6.45, 7) is 0.213. The van der Waals surface area contributed by atoms with Crippen LogP contribution in [0.5, 0.6) is 5.75 Å². The Hall–Kier alpha value is -0.970. The van der Waals surface area contributed by atoms with E-state index < -0.39 is 0 Å². The predicted molar refractivity (Wildman–Crippen MR) is 79.3 cm³/mol. The van der Waals surface area contributed by atoms with Gasteiger partial charge in [-0.05, 0) is 24.3 Å². The van der Waals surface area contributed by atoms with Gasteiger partial charge in [0.2, 0.25) is 0 Å². The molecule has 0 fully saturated rings. The summed E-state index contributed by atoms with van der Waals surface area (Å²) in [7, 11) is 0. The first kappa shape index (κ1) is 14.4. The minimum absolute atomic E-state index is 0.213. The second-order valence-electron chi connectivity index (χ2n) is 3.84. The molecule has 0 amide bonds. The molecule has 0 spiro atoms. The molecule has 100 valence electrons. The average Bonchev–Trinajstić information content (AvgIpc) is 2.30. The zero-order valence-electron chi connectivity index (χ0n) is 9.59. The predicted octanol–water partition coefficient (Wildman–Crippen LogP) is 5.06. The van der Waals surface area contributed by atoms with Crippen LogP contribution in [0.4, 0.5) is 10.1 Å². The summed E-state index contributed by atoms with van der Waals surface area (Å²) in [4.78, 5) is 0. The molecule has 2 N–H and O–H groups in total. The molecule has 2 aromatic carbocycles. The third-order valence-electron chi connectivity index (χ3n) is 2.41. The van der Waals surface area contributed by atoms with Gasteiger partial charge in [-0.15, -0.1) is 0 Å². The fourth-order valence-electron chi connectivity index (χ4n) is 1.51. The number of anilines is 1. The van der Waals surface area contributed by atoms with E-state index in [0.717, 1.165) is 5.56 Å². The summed E-state index contributed by atoms with van der Waals surface area (Å²) in [6, 6.07) is 7.46. The van der Waals surface area contributed by atoms with Gasteiger partial charge in [0.25, 0.3) is 0 Å². The smallest absolute Gasteiger partial charge is 0.157 e. The Morgan fingerprint density at radius 3 is 2.37 bits per heavy atom. The maximum atomic E-state index is 13.0. The van der Waals surface area contributed by atoms with Crippen LogP contribution in [-0.4, -0.2) is 0 Å². The molecular formula is C13H9BrCl2FNO. The summed E-state index contributed by atoms with van der Waals surface area (Å²) < 4.78 is 19.1. The Morgan fingerprint density at radius 2 is 1.79 bits per heavy atom. The highest BCUT2D eigenvalue weighted by Gasteiger charge is 2.10. The first-order valence-electron chi connectivity index (χ1n) is 5.28. The molecular weight excluding hydrogens is 356 g/mol. The van der Waals surface area contributed by atoms with Crippen LogP contribution in [0.2, 0.25) is 10.0 Å². The van der Waals surface area contributed by atoms with Gasteiger partial charge < -0.3 is 10.5 Å². The molecule has 2 aromatic rings. The third kappa shape index (κ3) is 3.53. The molecule has 0 radical (unpaired) electrons. The molecule has 0 atom stereocenters. The van der Waals surface area contributed by atoms with Crippen LogP contribution in [0.3, 0.4) is 0 Å².